The molecule has 0 radical (unpaired) electrons. The second-order valence-electron chi connectivity index (χ2n) is 4.48. The SMILES string of the molecule is CCn1cncc1COc1cc(CNC)ccc1OC. The highest BCUT2D eigenvalue weighted by atomic mass is 16.5. The molecule has 108 valence electrons. The average Bonchev–Trinajstić information content (AvgIpc) is 2.93. The predicted molar refractivity (Wildman–Crippen MR) is 78.0 cm³/mol. The normalized spacial score (nSPS) is 10.6. The first-order chi connectivity index (χ1) is 9.78. The summed E-state index contributed by atoms with van der Waals surface area (Å²) in [5.41, 5.74) is 2.21. The monoisotopic (exact) mass is 275 g/mol. The van der Waals surface area contributed by atoms with E-state index in [4.69, 9.17) is 9.47 Å². The lowest BCUT2D eigenvalue weighted by Gasteiger charge is -2.13. The number of hydrogen-bond acceptors (Lipinski definition) is 4. The molecule has 5 nitrogen and oxygen atoms in total. The maximum atomic E-state index is 5.89. The van der Waals surface area contributed by atoms with Crippen LogP contribution >= 0.6 is 0 Å². The summed E-state index contributed by atoms with van der Waals surface area (Å²) >= 11 is 0. The predicted octanol–water partition coefficient (Wildman–Crippen LogP) is 2.21. The zero-order valence-electron chi connectivity index (χ0n) is 12.2. The van der Waals surface area contributed by atoms with E-state index in [2.05, 4.69) is 21.8 Å². The Bertz CT molecular complexity index is 552. The van der Waals surface area contributed by atoms with E-state index in [1.54, 1.807) is 7.11 Å². The van der Waals surface area contributed by atoms with Gasteiger partial charge in [0, 0.05) is 13.1 Å². The fraction of sp³-hybridized carbons (Fsp3) is 0.400. The molecule has 0 spiro atoms. The highest BCUT2D eigenvalue weighted by Crippen LogP contribution is 2.28. The van der Waals surface area contributed by atoms with Crippen molar-refractivity contribution in [2.75, 3.05) is 14.2 Å². The number of ether oxygens (including phenoxy) is 2. The van der Waals surface area contributed by atoms with Crippen molar-refractivity contribution in [3.63, 3.8) is 0 Å². The lowest BCUT2D eigenvalue weighted by Crippen LogP contribution is -2.07. The third kappa shape index (κ3) is 3.30. The van der Waals surface area contributed by atoms with E-state index in [1.165, 1.54) is 0 Å². The van der Waals surface area contributed by atoms with Gasteiger partial charge in [0.15, 0.2) is 11.5 Å². The van der Waals surface area contributed by atoms with Crippen LogP contribution in [0, 0.1) is 0 Å². The molecule has 0 saturated heterocycles. The van der Waals surface area contributed by atoms with Crippen LogP contribution in [0.1, 0.15) is 18.2 Å². The summed E-state index contributed by atoms with van der Waals surface area (Å²) in [5.74, 6) is 1.50. The van der Waals surface area contributed by atoms with Gasteiger partial charge in [-0.1, -0.05) is 6.07 Å². The molecule has 0 fully saturated rings. The number of hydrogen-bond donors (Lipinski definition) is 1. The van der Waals surface area contributed by atoms with Crippen molar-refractivity contribution in [3.05, 3.63) is 42.0 Å². The molecule has 0 aliphatic carbocycles. The third-order valence-electron chi connectivity index (χ3n) is 3.12. The van der Waals surface area contributed by atoms with Crippen LogP contribution in [0.15, 0.2) is 30.7 Å². The van der Waals surface area contributed by atoms with Gasteiger partial charge in [-0.2, -0.15) is 0 Å². The summed E-state index contributed by atoms with van der Waals surface area (Å²) in [6.45, 7) is 4.25. The van der Waals surface area contributed by atoms with Gasteiger partial charge in [0.2, 0.25) is 0 Å². The van der Waals surface area contributed by atoms with Gasteiger partial charge in [0.1, 0.15) is 6.61 Å². The summed E-state index contributed by atoms with van der Waals surface area (Å²) in [7, 11) is 3.57. The minimum absolute atomic E-state index is 0.479. The average molecular weight is 275 g/mol. The van der Waals surface area contributed by atoms with Gasteiger partial charge >= 0.3 is 0 Å². The van der Waals surface area contributed by atoms with Crippen molar-refractivity contribution in [3.8, 4) is 11.5 Å². The maximum Gasteiger partial charge on any atom is 0.162 e. The van der Waals surface area contributed by atoms with E-state index < -0.39 is 0 Å². The molecular weight excluding hydrogens is 254 g/mol. The highest BCUT2D eigenvalue weighted by molar-refractivity contribution is 5.43. The van der Waals surface area contributed by atoms with Gasteiger partial charge in [-0.25, -0.2) is 4.98 Å². The molecule has 0 aliphatic heterocycles. The number of rotatable bonds is 7. The minimum atomic E-state index is 0.479. The molecule has 0 amide bonds. The molecule has 1 aromatic heterocycles. The largest absolute Gasteiger partial charge is 0.493 e. The Morgan fingerprint density at radius 1 is 1.30 bits per heavy atom. The standard InChI is InChI=1S/C15H21N3O2/c1-4-18-11-17-9-13(18)10-20-15-7-12(8-16-2)5-6-14(15)19-3/h5-7,9,11,16H,4,8,10H2,1-3H3. The van der Waals surface area contributed by atoms with Crippen LogP contribution in [0.5, 0.6) is 11.5 Å². The summed E-state index contributed by atoms with van der Waals surface area (Å²) in [6, 6.07) is 5.96. The van der Waals surface area contributed by atoms with Crippen molar-refractivity contribution < 1.29 is 9.47 Å². The van der Waals surface area contributed by atoms with Crippen molar-refractivity contribution in [2.24, 2.45) is 0 Å². The number of imidazole rings is 1. The molecule has 2 aromatic rings. The topological polar surface area (TPSA) is 48.3 Å². The van der Waals surface area contributed by atoms with Crippen molar-refractivity contribution in [2.45, 2.75) is 26.6 Å². The Balaban J connectivity index is 2.12. The van der Waals surface area contributed by atoms with Gasteiger partial charge in [-0.15, -0.1) is 0 Å². The molecule has 0 saturated carbocycles. The van der Waals surface area contributed by atoms with Crippen LogP contribution in [0.2, 0.25) is 0 Å². The van der Waals surface area contributed by atoms with E-state index in [-0.39, 0.29) is 0 Å². The summed E-state index contributed by atoms with van der Waals surface area (Å²) < 4.78 is 13.3. The summed E-state index contributed by atoms with van der Waals surface area (Å²) in [5, 5.41) is 3.13. The summed E-state index contributed by atoms with van der Waals surface area (Å²) in [6.07, 6.45) is 3.64. The van der Waals surface area contributed by atoms with E-state index in [1.807, 2.05) is 37.8 Å². The van der Waals surface area contributed by atoms with Crippen LogP contribution in [0.3, 0.4) is 0 Å². The Hall–Kier alpha value is -2.01. The van der Waals surface area contributed by atoms with E-state index in [9.17, 15) is 0 Å². The number of benzene rings is 1. The van der Waals surface area contributed by atoms with Crippen molar-refractivity contribution >= 4 is 0 Å². The quantitative estimate of drug-likeness (QED) is 0.841. The molecule has 1 N–H and O–H groups in total. The van der Waals surface area contributed by atoms with Crippen LogP contribution < -0.4 is 14.8 Å². The number of aryl methyl sites for hydroxylation is 1. The zero-order valence-corrected chi connectivity index (χ0v) is 12.2. The van der Waals surface area contributed by atoms with E-state index in [0.717, 1.165) is 35.8 Å². The first kappa shape index (κ1) is 14.4. The molecule has 1 aromatic carbocycles. The van der Waals surface area contributed by atoms with Gasteiger partial charge < -0.3 is 19.4 Å². The Morgan fingerprint density at radius 2 is 2.15 bits per heavy atom. The molecule has 0 bridgehead atoms. The minimum Gasteiger partial charge on any atom is -0.493 e. The van der Waals surface area contributed by atoms with Gasteiger partial charge in [-0.3, -0.25) is 0 Å². The first-order valence-electron chi connectivity index (χ1n) is 6.71. The van der Waals surface area contributed by atoms with Crippen LogP contribution in [-0.2, 0) is 19.7 Å². The van der Waals surface area contributed by atoms with E-state index >= 15 is 0 Å². The Labute approximate surface area is 119 Å². The van der Waals surface area contributed by atoms with Gasteiger partial charge in [-0.05, 0) is 31.7 Å². The molecule has 0 atom stereocenters. The lowest BCUT2D eigenvalue weighted by molar-refractivity contribution is 0.276. The molecule has 1 heterocycles. The van der Waals surface area contributed by atoms with Gasteiger partial charge in [0.25, 0.3) is 0 Å². The fourth-order valence-corrected chi connectivity index (χ4v) is 2.05. The molecule has 20 heavy (non-hydrogen) atoms. The zero-order chi connectivity index (χ0) is 14.4. The maximum absolute atomic E-state index is 5.89. The Kier molecular flexibility index (Phi) is 5.01. The second-order valence-corrected chi connectivity index (χ2v) is 4.48. The molecule has 2 rings (SSSR count). The van der Waals surface area contributed by atoms with Crippen LogP contribution in [-0.4, -0.2) is 23.7 Å². The molecule has 0 aliphatic rings. The van der Waals surface area contributed by atoms with Crippen molar-refractivity contribution in [1.82, 2.24) is 14.9 Å². The lowest BCUT2D eigenvalue weighted by atomic mass is 10.2. The van der Waals surface area contributed by atoms with Crippen LogP contribution in [0.25, 0.3) is 0 Å². The van der Waals surface area contributed by atoms with Gasteiger partial charge in [0.05, 0.1) is 25.3 Å². The molecular formula is C15H21N3O2. The number of nitrogens with one attached hydrogen (secondary N) is 1. The third-order valence-corrected chi connectivity index (χ3v) is 3.12. The number of aromatic nitrogens is 2. The molecule has 5 heteroatoms. The summed E-state index contributed by atoms with van der Waals surface area (Å²) in [4.78, 5) is 4.14. The second kappa shape index (κ2) is 6.96. The van der Waals surface area contributed by atoms with Crippen LogP contribution in [0.4, 0.5) is 0 Å². The number of nitrogens with zero attached hydrogens (tertiary/aromatic N) is 2. The first-order valence-corrected chi connectivity index (χ1v) is 6.71. The fourth-order valence-electron chi connectivity index (χ4n) is 2.05. The Morgan fingerprint density at radius 3 is 2.85 bits per heavy atom. The number of methoxy groups -OCH3 is 1. The van der Waals surface area contributed by atoms with E-state index in [0.29, 0.717) is 6.61 Å². The smallest absolute Gasteiger partial charge is 0.162 e. The van der Waals surface area contributed by atoms with Crippen molar-refractivity contribution in [1.29, 1.82) is 0 Å². The highest BCUT2D eigenvalue weighted by Gasteiger charge is 2.08. The molecule has 0 unspecified atom stereocenters.